The van der Waals surface area contributed by atoms with Crippen LogP contribution in [0, 0.1) is 0 Å². The number of nitrogens with one attached hydrogen (secondary N) is 1. The molecular weight excluding hydrogens is 436 g/mol. The quantitative estimate of drug-likeness (QED) is 0.546. The zero-order valence-corrected chi connectivity index (χ0v) is 16.9. The molecule has 8 heteroatoms. The summed E-state index contributed by atoms with van der Waals surface area (Å²) in [5.74, 6) is 0.699. The first-order chi connectivity index (χ1) is 12.9. The zero-order chi connectivity index (χ0) is 19.6. The van der Waals surface area contributed by atoms with Gasteiger partial charge in [0.1, 0.15) is 17.2 Å². The fourth-order valence-electron chi connectivity index (χ4n) is 2.64. The summed E-state index contributed by atoms with van der Waals surface area (Å²) in [6.07, 6.45) is 1.57. The molecule has 3 rings (SSSR count). The molecule has 1 aliphatic rings. The van der Waals surface area contributed by atoms with Gasteiger partial charge in [0.25, 0.3) is 5.91 Å². The van der Waals surface area contributed by atoms with Crippen molar-refractivity contribution in [3.05, 3.63) is 62.7 Å². The molecule has 0 atom stereocenters. The number of imide groups is 1. The summed E-state index contributed by atoms with van der Waals surface area (Å²) < 4.78 is 11.3. The van der Waals surface area contributed by atoms with Crippen molar-refractivity contribution in [2.75, 3.05) is 14.2 Å². The molecule has 0 bridgehead atoms. The molecule has 1 fully saturated rings. The molecule has 2 aromatic carbocycles. The van der Waals surface area contributed by atoms with Crippen LogP contribution < -0.4 is 14.8 Å². The highest BCUT2D eigenvalue weighted by molar-refractivity contribution is 9.10. The van der Waals surface area contributed by atoms with Crippen LogP contribution in [0.5, 0.6) is 11.5 Å². The maximum absolute atomic E-state index is 12.7. The van der Waals surface area contributed by atoms with Crippen molar-refractivity contribution in [3.63, 3.8) is 0 Å². The predicted molar refractivity (Wildman–Crippen MR) is 106 cm³/mol. The van der Waals surface area contributed by atoms with Crippen molar-refractivity contribution < 1.29 is 19.1 Å². The van der Waals surface area contributed by atoms with E-state index in [2.05, 4.69) is 21.2 Å². The monoisotopic (exact) mass is 450 g/mol. The maximum atomic E-state index is 12.7. The van der Waals surface area contributed by atoms with Gasteiger partial charge in [-0.3, -0.25) is 9.69 Å². The second-order valence-electron chi connectivity index (χ2n) is 5.73. The number of hydrogen-bond donors (Lipinski definition) is 1. The molecule has 2 aromatic rings. The first-order valence-electron chi connectivity index (χ1n) is 7.93. The van der Waals surface area contributed by atoms with Crippen LogP contribution in [0.2, 0.25) is 5.02 Å². The molecule has 1 heterocycles. The molecule has 1 N–H and O–H groups in total. The Balaban J connectivity index is 1.88. The summed E-state index contributed by atoms with van der Waals surface area (Å²) in [6.45, 7) is 0.155. The van der Waals surface area contributed by atoms with Crippen LogP contribution in [-0.2, 0) is 11.3 Å². The molecule has 0 radical (unpaired) electrons. The van der Waals surface area contributed by atoms with Gasteiger partial charge in [-0.1, -0.05) is 23.7 Å². The summed E-state index contributed by atoms with van der Waals surface area (Å²) in [6, 6.07) is 9.95. The van der Waals surface area contributed by atoms with Crippen LogP contribution in [0.15, 0.2) is 46.6 Å². The lowest BCUT2D eigenvalue weighted by atomic mass is 10.1. The molecule has 0 unspecified atom stereocenters. The molecule has 0 saturated carbocycles. The Morgan fingerprint density at radius 3 is 2.41 bits per heavy atom. The number of halogens is 2. The number of ether oxygens (including phenoxy) is 2. The fraction of sp³-hybridized carbons (Fsp3) is 0.158. The van der Waals surface area contributed by atoms with Crippen LogP contribution in [0.1, 0.15) is 11.1 Å². The highest BCUT2D eigenvalue weighted by Crippen LogP contribution is 2.34. The molecule has 27 heavy (non-hydrogen) atoms. The summed E-state index contributed by atoms with van der Waals surface area (Å²) >= 11 is 9.27. The van der Waals surface area contributed by atoms with Crippen LogP contribution in [-0.4, -0.2) is 31.1 Å². The first-order valence-corrected chi connectivity index (χ1v) is 9.10. The normalized spacial score (nSPS) is 15.3. The SMILES string of the molecule is COc1cc(OC)c(/C=C2/NC(=O)N(Cc3ccc(Cl)cc3)C2=O)cc1Br. The van der Waals surface area contributed by atoms with Gasteiger partial charge < -0.3 is 14.8 Å². The number of amides is 3. The molecule has 0 spiro atoms. The smallest absolute Gasteiger partial charge is 0.329 e. The average Bonchev–Trinajstić information content (AvgIpc) is 2.91. The Morgan fingerprint density at radius 1 is 1.11 bits per heavy atom. The summed E-state index contributed by atoms with van der Waals surface area (Å²) in [4.78, 5) is 26.1. The van der Waals surface area contributed by atoms with Crippen molar-refractivity contribution in [2.45, 2.75) is 6.54 Å². The minimum atomic E-state index is -0.479. The van der Waals surface area contributed by atoms with Crippen LogP contribution >= 0.6 is 27.5 Å². The third kappa shape index (κ3) is 4.09. The average molecular weight is 452 g/mol. The maximum Gasteiger partial charge on any atom is 0.329 e. The Bertz CT molecular complexity index is 928. The van der Waals surface area contributed by atoms with Gasteiger partial charge in [-0.25, -0.2) is 4.79 Å². The largest absolute Gasteiger partial charge is 0.496 e. The number of urea groups is 1. The number of hydrogen-bond acceptors (Lipinski definition) is 4. The highest BCUT2D eigenvalue weighted by Gasteiger charge is 2.33. The van der Waals surface area contributed by atoms with Gasteiger partial charge in [-0.15, -0.1) is 0 Å². The lowest BCUT2D eigenvalue weighted by molar-refractivity contribution is -0.123. The topological polar surface area (TPSA) is 67.9 Å². The Labute approximate surface area is 169 Å². The van der Waals surface area contributed by atoms with Gasteiger partial charge in [0.05, 0.1) is 25.2 Å². The van der Waals surface area contributed by atoms with Gasteiger partial charge in [0.2, 0.25) is 0 Å². The fourth-order valence-corrected chi connectivity index (χ4v) is 3.29. The minimum absolute atomic E-state index is 0.155. The van der Waals surface area contributed by atoms with E-state index in [1.165, 1.54) is 7.11 Å². The van der Waals surface area contributed by atoms with Gasteiger partial charge in [0.15, 0.2) is 0 Å². The second-order valence-corrected chi connectivity index (χ2v) is 7.03. The van der Waals surface area contributed by atoms with E-state index in [1.54, 1.807) is 49.6 Å². The van der Waals surface area contributed by atoms with Crippen molar-refractivity contribution in [1.82, 2.24) is 10.2 Å². The summed E-state index contributed by atoms with van der Waals surface area (Å²) in [5, 5.41) is 3.20. The lowest BCUT2D eigenvalue weighted by Crippen LogP contribution is -2.30. The van der Waals surface area contributed by atoms with Gasteiger partial charge >= 0.3 is 6.03 Å². The zero-order valence-electron chi connectivity index (χ0n) is 14.6. The standard InChI is InChI=1S/C19H16BrClN2O4/c1-26-16-9-17(27-2)14(20)7-12(16)8-15-18(24)23(19(25)22-15)10-11-3-5-13(21)6-4-11/h3-9H,10H2,1-2H3,(H,22,25)/b15-8+. The Kier molecular flexibility index (Phi) is 5.72. The first kappa shape index (κ1) is 19.3. The molecule has 0 aliphatic carbocycles. The van der Waals surface area contributed by atoms with Gasteiger partial charge in [-0.2, -0.15) is 0 Å². The van der Waals surface area contributed by atoms with Crippen molar-refractivity contribution >= 4 is 45.5 Å². The lowest BCUT2D eigenvalue weighted by Gasteiger charge is -2.12. The van der Waals surface area contributed by atoms with Crippen molar-refractivity contribution in [3.8, 4) is 11.5 Å². The van der Waals surface area contributed by atoms with Crippen molar-refractivity contribution in [2.24, 2.45) is 0 Å². The minimum Gasteiger partial charge on any atom is -0.496 e. The molecule has 0 aromatic heterocycles. The third-order valence-corrected chi connectivity index (χ3v) is 4.89. The molecule has 1 saturated heterocycles. The highest BCUT2D eigenvalue weighted by atomic mass is 79.9. The van der Waals surface area contributed by atoms with E-state index >= 15 is 0 Å². The van der Waals surface area contributed by atoms with Crippen LogP contribution in [0.4, 0.5) is 4.79 Å². The van der Waals surface area contributed by atoms with E-state index in [9.17, 15) is 9.59 Å². The van der Waals surface area contributed by atoms with E-state index in [0.717, 1.165) is 10.5 Å². The number of carbonyl (C=O) groups is 2. The predicted octanol–water partition coefficient (Wildman–Crippen LogP) is 4.21. The van der Waals surface area contributed by atoms with E-state index in [1.807, 2.05) is 0 Å². The van der Waals surface area contributed by atoms with Gasteiger partial charge in [0, 0.05) is 16.7 Å². The van der Waals surface area contributed by atoms with E-state index in [0.29, 0.717) is 26.6 Å². The third-order valence-electron chi connectivity index (χ3n) is 4.02. The second kappa shape index (κ2) is 8.02. The van der Waals surface area contributed by atoms with Gasteiger partial charge in [-0.05, 0) is 45.8 Å². The molecular formula is C19H16BrClN2O4. The molecule has 3 amide bonds. The number of methoxy groups -OCH3 is 2. The summed E-state index contributed by atoms with van der Waals surface area (Å²) in [5.41, 5.74) is 1.60. The Hall–Kier alpha value is -2.51. The number of carbonyl (C=O) groups excluding carboxylic acids is 2. The van der Waals surface area contributed by atoms with Crippen LogP contribution in [0.25, 0.3) is 6.08 Å². The Morgan fingerprint density at radius 2 is 1.78 bits per heavy atom. The number of nitrogens with zero attached hydrogens (tertiary/aromatic N) is 1. The number of rotatable bonds is 5. The van der Waals surface area contributed by atoms with Crippen LogP contribution in [0.3, 0.4) is 0 Å². The van der Waals surface area contributed by atoms with E-state index < -0.39 is 11.9 Å². The number of benzene rings is 2. The van der Waals surface area contributed by atoms with E-state index in [-0.39, 0.29) is 12.2 Å². The molecule has 1 aliphatic heterocycles. The summed E-state index contributed by atoms with van der Waals surface area (Å²) in [7, 11) is 3.07. The molecule has 6 nitrogen and oxygen atoms in total. The molecule has 140 valence electrons. The van der Waals surface area contributed by atoms with Crippen molar-refractivity contribution in [1.29, 1.82) is 0 Å². The van der Waals surface area contributed by atoms with E-state index in [4.69, 9.17) is 21.1 Å².